The number of rotatable bonds is 45. The Balaban J connectivity index is 4.48. The average molecular weight is 851 g/mol. The van der Waals surface area contributed by atoms with Crippen molar-refractivity contribution in [3.05, 3.63) is 72.9 Å². The van der Waals surface area contributed by atoms with Crippen LogP contribution >= 0.6 is 0 Å². The smallest absolute Gasteiger partial charge is 0.306 e. The molecule has 0 aliphatic heterocycles. The molecule has 0 aliphatic carbocycles. The molecule has 0 N–H and O–H groups in total. The van der Waals surface area contributed by atoms with Crippen molar-refractivity contribution in [2.45, 2.75) is 245 Å². The van der Waals surface area contributed by atoms with Crippen molar-refractivity contribution in [3.63, 3.8) is 0 Å². The van der Waals surface area contributed by atoms with Crippen molar-refractivity contribution in [2.24, 2.45) is 0 Å². The second kappa shape index (κ2) is 49.5. The summed E-state index contributed by atoms with van der Waals surface area (Å²) in [6, 6.07) is 0. The third-order valence-electron chi connectivity index (χ3n) is 10.7. The lowest BCUT2D eigenvalue weighted by Crippen LogP contribution is -2.30. The van der Waals surface area contributed by atoms with Gasteiger partial charge in [-0.15, -0.1) is 0 Å². The SMILES string of the molecule is CC/C=C\C/C=C\C/C=C\C/C=C\CCCCC(=O)OCC(COC(=O)CCCCCCC/C=C\CCCCCC)OC(=O)CCCCCCC/C=C\CCCCCCCC. The number of hydrogen-bond donors (Lipinski definition) is 0. The lowest BCUT2D eigenvalue weighted by atomic mass is 10.1. The van der Waals surface area contributed by atoms with Crippen molar-refractivity contribution in [1.82, 2.24) is 0 Å². The zero-order valence-corrected chi connectivity index (χ0v) is 39.9. The van der Waals surface area contributed by atoms with Gasteiger partial charge in [0.25, 0.3) is 0 Å². The normalized spacial score (nSPS) is 12.6. The first kappa shape index (κ1) is 57.9. The highest BCUT2D eigenvalue weighted by atomic mass is 16.6. The molecule has 0 fully saturated rings. The van der Waals surface area contributed by atoms with E-state index >= 15 is 0 Å². The average Bonchev–Trinajstić information content (AvgIpc) is 3.26. The molecular weight excluding hydrogens is 757 g/mol. The van der Waals surface area contributed by atoms with Gasteiger partial charge in [-0.05, 0) is 109 Å². The molecule has 1 atom stereocenters. The first-order chi connectivity index (χ1) is 30.0. The minimum atomic E-state index is -0.799. The van der Waals surface area contributed by atoms with Gasteiger partial charge >= 0.3 is 17.9 Å². The van der Waals surface area contributed by atoms with Gasteiger partial charge in [-0.2, -0.15) is 0 Å². The number of unbranched alkanes of at least 4 members (excludes halogenated alkanes) is 22. The van der Waals surface area contributed by atoms with Crippen LogP contribution in [-0.4, -0.2) is 37.2 Å². The molecule has 0 aromatic rings. The Morgan fingerprint density at radius 3 is 1.07 bits per heavy atom. The van der Waals surface area contributed by atoms with Gasteiger partial charge in [0.2, 0.25) is 0 Å². The van der Waals surface area contributed by atoms with E-state index in [0.717, 1.165) is 103 Å². The summed E-state index contributed by atoms with van der Waals surface area (Å²) in [7, 11) is 0. The predicted octanol–water partition coefficient (Wildman–Crippen LogP) is 16.6. The summed E-state index contributed by atoms with van der Waals surface area (Å²) < 4.78 is 16.7. The van der Waals surface area contributed by atoms with Crippen LogP contribution in [0.5, 0.6) is 0 Å². The van der Waals surface area contributed by atoms with Gasteiger partial charge in [0, 0.05) is 19.3 Å². The Morgan fingerprint density at radius 2 is 0.639 bits per heavy atom. The fourth-order valence-electron chi connectivity index (χ4n) is 6.83. The van der Waals surface area contributed by atoms with Crippen LogP contribution in [-0.2, 0) is 28.6 Å². The van der Waals surface area contributed by atoms with Crippen molar-refractivity contribution in [1.29, 1.82) is 0 Å². The Labute approximate surface area is 376 Å². The van der Waals surface area contributed by atoms with Crippen LogP contribution in [0.25, 0.3) is 0 Å². The van der Waals surface area contributed by atoms with Crippen LogP contribution in [0.1, 0.15) is 239 Å². The standard InChI is InChI=1S/C55H94O6/c1-4-7-10-13-16-19-22-25-27-30-33-36-39-42-45-48-54(57)60-51-52(50-59-53(56)47-44-41-38-35-32-29-24-21-18-15-12-9-6-3)61-55(58)49-46-43-40-37-34-31-28-26-23-20-17-14-11-8-5-2/h7,10,16,19,21,24-28,33,36,52H,4-6,8-9,11-15,17-18,20,22-23,29-32,34-35,37-51H2,1-3H3/b10-7-,19-16-,24-21-,27-25-,28-26-,36-33-. The lowest BCUT2D eigenvalue weighted by Gasteiger charge is -2.18. The summed E-state index contributed by atoms with van der Waals surface area (Å²) in [5.74, 6) is -0.956. The second-order valence-electron chi connectivity index (χ2n) is 16.7. The molecule has 0 heterocycles. The molecule has 0 aromatic heterocycles. The highest BCUT2D eigenvalue weighted by molar-refractivity contribution is 5.71. The van der Waals surface area contributed by atoms with Crippen molar-refractivity contribution >= 4 is 17.9 Å². The molecule has 0 aromatic carbocycles. The number of ether oxygens (including phenoxy) is 3. The van der Waals surface area contributed by atoms with E-state index in [9.17, 15) is 14.4 Å². The molecule has 0 saturated heterocycles. The van der Waals surface area contributed by atoms with Gasteiger partial charge in [-0.3, -0.25) is 14.4 Å². The first-order valence-corrected chi connectivity index (χ1v) is 25.4. The van der Waals surface area contributed by atoms with Crippen LogP contribution in [0, 0.1) is 0 Å². The third kappa shape index (κ3) is 47.7. The van der Waals surface area contributed by atoms with E-state index in [-0.39, 0.29) is 31.1 Å². The minimum absolute atomic E-state index is 0.0964. The molecule has 0 amide bonds. The number of carbonyl (C=O) groups is 3. The topological polar surface area (TPSA) is 78.9 Å². The second-order valence-corrected chi connectivity index (χ2v) is 16.7. The highest BCUT2D eigenvalue weighted by Gasteiger charge is 2.19. The maximum atomic E-state index is 12.8. The summed E-state index contributed by atoms with van der Waals surface area (Å²) in [6.07, 6.45) is 61.7. The molecule has 6 heteroatoms. The molecule has 61 heavy (non-hydrogen) atoms. The fourth-order valence-corrected chi connectivity index (χ4v) is 6.83. The van der Waals surface area contributed by atoms with Gasteiger partial charge in [0.15, 0.2) is 6.10 Å². The van der Waals surface area contributed by atoms with Gasteiger partial charge in [0.1, 0.15) is 13.2 Å². The minimum Gasteiger partial charge on any atom is -0.462 e. The molecular formula is C55H94O6. The summed E-state index contributed by atoms with van der Waals surface area (Å²) >= 11 is 0. The maximum absolute atomic E-state index is 12.8. The van der Waals surface area contributed by atoms with Gasteiger partial charge in [-0.1, -0.05) is 184 Å². The molecule has 6 nitrogen and oxygen atoms in total. The Hall–Kier alpha value is -3.15. The number of esters is 3. The molecule has 0 aliphatic rings. The Bertz CT molecular complexity index is 1160. The fraction of sp³-hybridized carbons (Fsp3) is 0.727. The van der Waals surface area contributed by atoms with E-state index in [1.807, 2.05) is 0 Å². The van der Waals surface area contributed by atoms with E-state index in [1.54, 1.807) is 0 Å². The lowest BCUT2D eigenvalue weighted by molar-refractivity contribution is -0.167. The highest BCUT2D eigenvalue weighted by Crippen LogP contribution is 2.13. The zero-order valence-electron chi connectivity index (χ0n) is 39.9. The van der Waals surface area contributed by atoms with E-state index in [2.05, 4.69) is 93.7 Å². The van der Waals surface area contributed by atoms with Crippen LogP contribution in [0.15, 0.2) is 72.9 Å². The number of allylic oxidation sites excluding steroid dienone is 12. The van der Waals surface area contributed by atoms with Crippen molar-refractivity contribution in [2.75, 3.05) is 13.2 Å². The summed E-state index contributed by atoms with van der Waals surface area (Å²) in [4.78, 5) is 37.9. The summed E-state index contributed by atoms with van der Waals surface area (Å²) in [5.41, 5.74) is 0. The summed E-state index contributed by atoms with van der Waals surface area (Å²) in [5, 5.41) is 0. The van der Waals surface area contributed by atoms with Crippen LogP contribution in [0.4, 0.5) is 0 Å². The largest absolute Gasteiger partial charge is 0.462 e. The van der Waals surface area contributed by atoms with E-state index in [1.165, 1.54) is 96.3 Å². The molecule has 350 valence electrons. The molecule has 0 radical (unpaired) electrons. The van der Waals surface area contributed by atoms with Crippen molar-refractivity contribution in [3.8, 4) is 0 Å². The summed E-state index contributed by atoms with van der Waals surface area (Å²) in [6.45, 7) is 6.45. The predicted molar refractivity (Wildman–Crippen MR) is 261 cm³/mol. The number of hydrogen-bond acceptors (Lipinski definition) is 6. The maximum Gasteiger partial charge on any atom is 0.306 e. The van der Waals surface area contributed by atoms with Gasteiger partial charge in [-0.25, -0.2) is 0 Å². The Kier molecular flexibility index (Phi) is 46.9. The first-order valence-electron chi connectivity index (χ1n) is 25.4. The van der Waals surface area contributed by atoms with E-state index in [4.69, 9.17) is 14.2 Å². The van der Waals surface area contributed by atoms with Crippen LogP contribution in [0.2, 0.25) is 0 Å². The van der Waals surface area contributed by atoms with E-state index < -0.39 is 6.10 Å². The monoisotopic (exact) mass is 851 g/mol. The zero-order chi connectivity index (χ0) is 44.4. The van der Waals surface area contributed by atoms with Crippen LogP contribution in [0.3, 0.4) is 0 Å². The molecule has 0 saturated carbocycles. The molecule has 0 bridgehead atoms. The molecule has 0 rings (SSSR count). The quantitative estimate of drug-likeness (QED) is 0.0263. The van der Waals surface area contributed by atoms with Crippen LogP contribution < -0.4 is 0 Å². The number of carbonyl (C=O) groups excluding carboxylic acids is 3. The van der Waals surface area contributed by atoms with Crippen molar-refractivity contribution < 1.29 is 28.6 Å². The Morgan fingerprint density at radius 1 is 0.344 bits per heavy atom. The van der Waals surface area contributed by atoms with Gasteiger partial charge < -0.3 is 14.2 Å². The third-order valence-corrected chi connectivity index (χ3v) is 10.7. The van der Waals surface area contributed by atoms with Gasteiger partial charge in [0.05, 0.1) is 0 Å². The molecule has 0 spiro atoms. The molecule has 1 unspecified atom stereocenters. The van der Waals surface area contributed by atoms with E-state index in [0.29, 0.717) is 19.3 Å².